The quantitative estimate of drug-likeness (QED) is 0.551. The van der Waals surface area contributed by atoms with Crippen LogP contribution in [0.3, 0.4) is 0 Å². The van der Waals surface area contributed by atoms with Crippen LogP contribution in [0.5, 0.6) is 0 Å². The molecule has 148 valence electrons. The molecule has 8 nitrogen and oxygen atoms in total. The molecule has 0 aliphatic carbocycles. The minimum atomic E-state index is -3.88. The van der Waals surface area contributed by atoms with E-state index in [4.69, 9.17) is 11.6 Å². The molecule has 1 heterocycles. The van der Waals surface area contributed by atoms with Gasteiger partial charge in [0.05, 0.1) is 14.8 Å². The zero-order chi connectivity index (χ0) is 20.5. The van der Waals surface area contributed by atoms with Crippen molar-refractivity contribution >= 4 is 33.2 Å². The van der Waals surface area contributed by atoms with Crippen molar-refractivity contribution in [3.63, 3.8) is 0 Å². The van der Waals surface area contributed by atoms with Gasteiger partial charge in [0.15, 0.2) is 0 Å². The summed E-state index contributed by atoms with van der Waals surface area (Å²) < 4.78 is 39.8. The highest BCUT2D eigenvalue weighted by Crippen LogP contribution is 2.24. The highest BCUT2D eigenvalue weighted by atomic mass is 35.5. The van der Waals surface area contributed by atoms with Crippen LogP contribution in [-0.2, 0) is 10.0 Å². The molecule has 1 aliphatic rings. The maximum absolute atomic E-state index is 13.3. The van der Waals surface area contributed by atoms with Gasteiger partial charge in [-0.1, -0.05) is 17.7 Å². The Hall–Kier alpha value is -2.56. The smallest absolute Gasteiger partial charge is 0.270 e. The van der Waals surface area contributed by atoms with E-state index in [9.17, 15) is 27.7 Å². The summed E-state index contributed by atoms with van der Waals surface area (Å²) in [6.07, 6.45) is 0. The fourth-order valence-corrected chi connectivity index (χ4v) is 4.55. The summed E-state index contributed by atoms with van der Waals surface area (Å²) in [7, 11) is -3.88. The van der Waals surface area contributed by atoms with Gasteiger partial charge in [-0.2, -0.15) is 4.31 Å². The van der Waals surface area contributed by atoms with E-state index in [1.54, 1.807) is 0 Å². The standard InChI is InChI=1S/C17H15ClFN3O5S/c18-15-11-14(4-5-16(15)19)28(26,27)21-8-6-20(7-9-21)17(23)12-2-1-3-13(10-12)22(24)25/h1-5,10-11H,6-9H2. The Bertz CT molecular complexity index is 1040. The summed E-state index contributed by atoms with van der Waals surface area (Å²) >= 11 is 5.67. The summed E-state index contributed by atoms with van der Waals surface area (Å²) in [6.45, 7) is 0.321. The number of piperazine rings is 1. The monoisotopic (exact) mass is 427 g/mol. The van der Waals surface area contributed by atoms with Gasteiger partial charge in [0.2, 0.25) is 10.0 Å². The molecule has 0 unspecified atom stereocenters. The number of hydrogen-bond donors (Lipinski definition) is 0. The van der Waals surface area contributed by atoms with Crippen LogP contribution in [0, 0.1) is 15.9 Å². The molecule has 0 aromatic heterocycles. The molecule has 1 saturated heterocycles. The number of nitro groups is 1. The summed E-state index contributed by atoms with van der Waals surface area (Å²) in [5.74, 6) is -1.13. The first-order valence-corrected chi connectivity index (χ1v) is 10.0. The molecule has 0 N–H and O–H groups in total. The Balaban J connectivity index is 1.71. The number of benzene rings is 2. The lowest BCUT2D eigenvalue weighted by Gasteiger charge is -2.34. The SMILES string of the molecule is O=C(c1cccc([N+](=O)[O-])c1)N1CCN(S(=O)(=O)c2ccc(F)c(Cl)c2)CC1. The van der Waals surface area contributed by atoms with Crippen molar-refractivity contribution in [3.8, 4) is 0 Å². The van der Waals surface area contributed by atoms with Crippen molar-refractivity contribution in [2.24, 2.45) is 0 Å². The second kappa shape index (κ2) is 7.82. The first kappa shape index (κ1) is 20.2. The van der Waals surface area contributed by atoms with Gasteiger partial charge < -0.3 is 4.90 Å². The Labute approximate surface area is 165 Å². The molecule has 1 amide bonds. The van der Waals surface area contributed by atoms with E-state index in [-0.39, 0.29) is 47.3 Å². The van der Waals surface area contributed by atoms with Crippen LogP contribution in [0.15, 0.2) is 47.4 Å². The van der Waals surface area contributed by atoms with Gasteiger partial charge in [-0.15, -0.1) is 0 Å². The van der Waals surface area contributed by atoms with Crippen LogP contribution in [0.2, 0.25) is 5.02 Å². The number of rotatable bonds is 4. The van der Waals surface area contributed by atoms with E-state index in [1.807, 2.05) is 0 Å². The first-order chi connectivity index (χ1) is 13.2. The molecule has 3 rings (SSSR count). The van der Waals surface area contributed by atoms with Gasteiger partial charge in [0.25, 0.3) is 11.6 Å². The molecule has 2 aromatic rings. The molecule has 1 aliphatic heterocycles. The second-order valence-electron chi connectivity index (χ2n) is 6.08. The van der Waals surface area contributed by atoms with Crippen LogP contribution in [0.1, 0.15) is 10.4 Å². The summed E-state index contributed by atoms with van der Waals surface area (Å²) in [4.78, 5) is 24.1. The third kappa shape index (κ3) is 3.98. The molecule has 11 heteroatoms. The molecule has 0 bridgehead atoms. The van der Waals surface area contributed by atoms with Gasteiger partial charge in [-0.05, 0) is 24.3 Å². The molecular weight excluding hydrogens is 413 g/mol. The zero-order valence-corrected chi connectivity index (χ0v) is 16.0. The third-order valence-electron chi connectivity index (χ3n) is 4.36. The first-order valence-electron chi connectivity index (χ1n) is 8.19. The van der Waals surface area contributed by atoms with Crippen molar-refractivity contribution in [1.29, 1.82) is 0 Å². The summed E-state index contributed by atoms with van der Waals surface area (Å²) in [5, 5.41) is 10.6. The van der Waals surface area contributed by atoms with Crippen LogP contribution in [0.25, 0.3) is 0 Å². The Kier molecular flexibility index (Phi) is 5.64. The van der Waals surface area contributed by atoms with E-state index in [2.05, 4.69) is 0 Å². The lowest BCUT2D eigenvalue weighted by Crippen LogP contribution is -2.50. The number of carbonyl (C=O) groups is 1. The average Bonchev–Trinajstić information content (AvgIpc) is 2.69. The number of carbonyl (C=O) groups excluding carboxylic acids is 1. The number of sulfonamides is 1. The molecule has 2 aromatic carbocycles. The molecular formula is C17H15ClFN3O5S. The minimum absolute atomic E-state index is 0.0397. The maximum atomic E-state index is 13.3. The molecule has 28 heavy (non-hydrogen) atoms. The number of nitrogens with zero attached hydrogens (tertiary/aromatic N) is 3. The molecule has 0 atom stereocenters. The van der Waals surface area contributed by atoms with Gasteiger partial charge >= 0.3 is 0 Å². The van der Waals surface area contributed by atoms with Gasteiger partial charge in [0.1, 0.15) is 5.82 Å². The Morgan fingerprint density at radius 1 is 1.11 bits per heavy atom. The predicted octanol–water partition coefficient (Wildman–Crippen LogP) is 2.53. The third-order valence-corrected chi connectivity index (χ3v) is 6.54. The summed E-state index contributed by atoms with van der Waals surface area (Å²) in [6, 6.07) is 8.53. The highest BCUT2D eigenvalue weighted by molar-refractivity contribution is 7.89. The lowest BCUT2D eigenvalue weighted by molar-refractivity contribution is -0.384. The minimum Gasteiger partial charge on any atom is -0.336 e. The number of non-ortho nitro benzene ring substituents is 1. The summed E-state index contributed by atoms with van der Waals surface area (Å²) in [5.41, 5.74) is -0.0314. The van der Waals surface area contributed by atoms with Crippen LogP contribution >= 0.6 is 11.6 Å². The van der Waals surface area contributed by atoms with Crippen LogP contribution < -0.4 is 0 Å². The normalized spacial score (nSPS) is 15.4. The largest absolute Gasteiger partial charge is 0.336 e. The second-order valence-corrected chi connectivity index (χ2v) is 8.42. The number of halogens is 2. The van der Waals surface area contributed by atoms with Crippen molar-refractivity contribution in [3.05, 3.63) is 69.0 Å². The highest BCUT2D eigenvalue weighted by Gasteiger charge is 2.31. The maximum Gasteiger partial charge on any atom is 0.270 e. The van der Waals surface area contributed by atoms with Gasteiger partial charge in [0, 0.05) is 43.9 Å². The molecule has 1 fully saturated rings. The van der Waals surface area contributed by atoms with Crippen molar-refractivity contribution in [2.75, 3.05) is 26.2 Å². The van der Waals surface area contributed by atoms with Gasteiger partial charge in [-0.3, -0.25) is 14.9 Å². The molecule has 0 saturated carbocycles. The van der Waals surface area contributed by atoms with E-state index in [0.717, 1.165) is 18.2 Å². The fraction of sp³-hybridized carbons (Fsp3) is 0.235. The number of amides is 1. The number of hydrogen-bond acceptors (Lipinski definition) is 5. The van der Waals surface area contributed by atoms with E-state index < -0.39 is 26.7 Å². The average molecular weight is 428 g/mol. The van der Waals surface area contributed by atoms with E-state index >= 15 is 0 Å². The van der Waals surface area contributed by atoms with Crippen molar-refractivity contribution in [1.82, 2.24) is 9.21 Å². The van der Waals surface area contributed by atoms with Crippen molar-refractivity contribution < 1.29 is 22.5 Å². The fourth-order valence-electron chi connectivity index (χ4n) is 2.85. The van der Waals surface area contributed by atoms with Crippen LogP contribution in [0.4, 0.5) is 10.1 Å². The number of nitro benzene ring substituents is 1. The van der Waals surface area contributed by atoms with E-state index in [0.29, 0.717) is 0 Å². The zero-order valence-electron chi connectivity index (χ0n) is 14.4. The van der Waals surface area contributed by atoms with Crippen molar-refractivity contribution in [2.45, 2.75) is 4.90 Å². The topological polar surface area (TPSA) is 101 Å². The molecule has 0 spiro atoms. The predicted molar refractivity (Wildman–Crippen MR) is 99.2 cm³/mol. The Morgan fingerprint density at radius 3 is 2.39 bits per heavy atom. The Morgan fingerprint density at radius 2 is 1.79 bits per heavy atom. The lowest BCUT2D eigenvalue weighted by atomic mass is 10.1. The van der Waals surface area contributed by atoms with Gasteiger partial charge in [-0.25, -0.2) is 12.8 Å². The molecule has 0 radical (unpaired) electrons. The van der Waals surface area contributed by atoms with Crippen LogP contribution in [-0.4, -0.2) is 54.6 Å². The van der Waals surface area contributed by atoms with E-state index in [1.165, 1.54) is 33.5 Å².